The molecule has 0 aromatic carbocycles. The number of carbonyl (C=O) groups is 1. The molecule has 0 rings (SSSR count). The van der Waals surface area contributed by atoms with E-state index in [1.165, 1.54) is 44.9 Å². The van der Waals surface area contributed by atoms with E-state index in [-0.39, 0.29) is 31.3 Å². The van der Waals surface area contributed by atoms with Gasteiger partial charge in [0.1, 0.15) is 0 Å². The standard InChI is InChI=1S/C22H46NO5P/c1-3-5-7-9-10-11-12-13-15-17-22(25)23-21(16-14-8-6-4-2)20-28-29(26,27)19-18-24/h21,24H,3-20H2,1-2H3,(H,23,25)(H,26,27). The summed E-state index contributed by atoms with van der Waals surface area (Å²) in [4.78, 5) is 21.9. The molecule has 3 N–H and O–H groups in total. The number of rotatable bonds is 21. The summed E-state index contributed by atoms with van der Waals surface area (Å²) >= 11 is 0. The molecule has 2 unspecified atom stereocenters. The number of unbranched alkanes of at least 4 members (excludes halogenated alkanes) is 11. The van der Waals surface area contributed by atoms with Gasteiger partial charge in [-0.1, -0.05) is 90.9 Å². The third-order valence-corrected chi connectivity index (χ3v) is 6.46. The van der Waals surface area contributed by atoms with E-state index in [1.54, 1.807) is 0 Å². The van der Waals surface area contributed by atoms with E-state index in [0.29, 0.717) is 6.42 Å². The number of aliphatic hydroxyl groups excluding tert-OH is 1. The van der Waals surface area contributed by atoms with Crippen molar-refractivity contribution in [2.24, 2.45) is 0 Å². The summed E-state index contributed by atoms with van der Waals surface area (Å²) in [5.41, 5.74) is 0. The van der Waals surface area contributed by atoms with Gasteiger partial charge in [-0.2, -0.15) is 0 Å². The fourth-order valence-corrected chi connectivity index (χ4v) is 4.10. The second-order valence-corrected chi connectivity index (χ2v) is 10.1. The molecule has 6 nitrogen and oxygen atoms in total. The van der Waals surface area contributed by atoms with Crippen molar-refractivity contribution in [3.05, 3.63) is 0 Å². The Morgan fingerprint density at radius 1 is 0.897 bits per heavy atom. The summed E-state index contributed by atoms with van der Waals surface area (Å²) in [6.07, 6.45) is 16.2. The van der Waals surface area contributed by atoms with Crippen LogP contribution in [-0.4, -0.2) is 41.3 Å². The van der Waals surface area contributed by atoms with Crippen LogP contribution in [0.25, 0.3) is 0 Å². The normalized spacial score (nSPS) is 14.5. The monoisotopic (exact) mass is 435 g/mol. The first-order chi connectivity index (χ1) is 13.9. The van der Waals surface area contributed by atoms with Gasteiger partial charge in [0.15, 0.2) is 0 Å². The fraction of sp³-hybridized carbons (Fsp3) is 0.955. The van der Waals surface area contributed by atoms with E-state index >= 15 is 0 Å². The first-order valence-electron chi connectivity index (χ1n) is 11.8. The van der Waals surface area contributed by atoms with Crippen molar-refractivity contribution < 1.29 is 23.9 Å². The Morgan fingerprint density at radius 2 is 1.41 bits per heavy atom. The molecule has 1 amide bonds. The highest BCUT2D eigenvalue weighted by atomic mass is 31.2. The molecule has 0 radical (unpaired) electrons. The van der Waals surface area contributed by atoms with Crippen LogP contribution >= 0.6 is 7.60 Å². The molecule has 0 spiro atoms. The quantitative estimate of drug-likeness (QED) is 0.162. The largest absolute Gasteiger partial charge is 0.396 e. The van der Waals surface area contributed by atoms with Crippen LogP contribution in [0.2, 0.25) is 0 Å². The van der Waals surface area contributed by atoms with Crippen LogP contribution in [0.4, 0.5) is 0 Å². The zero-order valence-corrected chi connectivity index (χ0v) is 19.8. The van der Waals surface area contributed by atoms with Crippen molar-refractivity contribution >= 4 is 13.5 Å². The van der Waals surface area contributed by atoms with Crippen molar-refractivity contribution in [3.63, 3.8) is 0 Å². The number of hydrogen-bond acceptors (Lipinski definition) is 4. The molecule has 0 aliphatic heterocycles. The van der Waals surface area contributed by atoms with Gasteiger partial charge in [-0.05, 0) is 12.8 Å². The van der Waals surface area contributed by atoms with Gasteiger partial charge in [-0.15, -0.1) is 0 Å². The lowest BCUT2D eigenvalue weighted by Crippen LogP contribution is -2.38. The fourth-order valence-electron chi connectivity index (χ4n) is 3.31. The molecule has 29 heavy (non-hydrogen) atoms. The molecular weight excluding hydrogens is 389 g/mol. The first-order valence-corrected chi connectivity index (χ1v) is 13.6. The molecule has 174 valence electrons. The van der Waals surface area contributed by atoms with E-state index in [0.717, 1.165) is 44.9 Å². The van der Waals surface area contributed by atoms with E-state index in [4.69, 9.17) is 9.63 Å². The summed E-state index contributed by atoms with van der Waals surface area (Å²) < 4.78 is 16.9. The summed E-state index contributed by atoms with van der Waals surface area (Å²) in [6.45, 7) is 4.00. The molecule has 2 atom stereocenters. The second-order valence-electron chi connectivity index (χ2n) is 8.07. The maximum absolute atomic E-state index is 12.3. The van der Waals surface area contributed by atoms with Gasteiger partial charge in [0.25, 0.3) is 0 Å². The van der Waals surface area contributed by atoms with E-state index in [1.807, 2.05) is 0 Å². The number of aliphatic hydroxyl groups is 1. The topological polar surface area (TPSA) is 95.9 Å². The highest BCUT2D eigenvalue weighted by molar-refractivity contribution is 7.52. The lowest BCUT2D eigenvalue weighted by molar-refractivity contribution is -0.122. The minimum atomic E-state index is -3.78. The van der Waals surface area contributed by atoms with Gasteiger partial charge >= 0.3 is 7.60 Å². The molecule has 0 aromatic rings. The maximum atomic E-state index is 12.3. The SMILES string of the molecule is CCCCCCCCCCCC(=O)NC(CCCCCC)COP(=O)(O)CCO. The highest BCUT2D eigenvalue weighted by Gasteiger charge is 2.21. The van der Waals surface area contributed by atoms with Gasteiger partial charge < -0.3 is 19.8 Å². The summed E-state index contributed by atoms with van der Waals surface area (Å²) in [5.74, 6) is -0.00744. The third kappa shape index (κ3) is 19.3. The van der Waals surface area contributed by atoms with Crippen molar-refractivity contribution in [2.45, 2.75) is 116 Å². The summed E-state index contributed by atoms with van der Waals surface area (Å²) in [7, 11) is -3.78. The maximum Gasteiger partial charge on any atom is 0.330 e. The molecule has 0 saturated heterocycles. The molecule has 0 aromatic heterocycles. The zero-order valence-electron chi connectivity index (χ0n) is 18.9. The molecule has 0 saturated carbocycles. The van der Waals surface area contributed by atoms with Gasteiger partial charge in [-0.3, -0.25) is 9.36 Å². The minimum Gasteiger partial charge on any atom is -0.396 e. The summed E-state index contributed by atoms with van der Waals surface area (Å²) in [5, 5.41) is 11.8. The number of amides is 1. The molecule has 0 aliphatic rings. The van der Waals surface area contributed by atoms with Crippen molar-refractivity contribution in [2.75, 3.05) is 19.4 Å². The predicted octanol–water partition coefficient (Wildman–Crippen LogP) is 5.56. The van der Waals surface area contributed by atoms with Gasteiger partial charge in [-0.25, -0.2) is 0 Å². The Morgan fingerprint density at radius 3 is 1.97 bits per heavy atom. The Kier molecular flexibility index (Phi) is 19.3. The van der Waals surface area contributed by atoms with Gasteiger partial charge in [0, 0.05) is 6.42 Å². The number of nitrogens with one attached hydrogen (secondary N) is 1. The smallest absolute Gasteiger partial charge is 0.330 e. The van der Waals surface area contributed by atoms with E-state index in [9.17, 15) is 14.3 Å². The van der Waals surface area contributed by atoms with E-state index in [2.05, 4.69) is 19.2 Å². The zero-order chi connectivity index (χ0) is 21.8. The molecule has 0 fully saturated rings. The Balaban J connectivity index is 4.09. The molecule has 0 aliphatic carbocycles. The third-order valence-electron chi connectivity index (χ3n) is 5.14. The average Bonchev–Trinajstić information content (AvgIpc) is 2.68. The Bertz CT molecular complexity index is 433. The lowest BCUT2D eigenvalue weighted by atomic mass is 10.1. The van der Waals surface area contributed by atoms with Crippen molar-refractivity contribution in [1.29, 1.82) is 0 Å². The van der Waals surface area contributed by atoms with Crippen LogP contribution in [0.5, 0.6) is 0 Å². The Labute approximate surface area is 178 Å². The first kappa shape index (κ1) is 28.6. The number of hydrogen-bond donors (Lipinski definition) is 3. The second kappa shape index (κ2) is 19.5. The van der Waals surface area contributed by atoms with Crippen molar-refractivity contribution in [3.8, 4) is 0 Å². The van der Waals surface area contributed by atoms with Crippen LogP contribution < -0.4 is 5.32 Å². The molecular formula is C22H46NO5P. The lowest BCUT2D eigenvalue weighted by Gasteiger charge is -2.20. The average molecular weight is 436 g/mol. The van der Waals surface area contributed by atoms with Crippen LogP contribution in [-0.2, 0) is 13.9 Å². The molecule has 7 heteroatoms. The van der Waals surface area contributed by atoms with Crippen molar-refractivity contribution in [1.82, 2.24) is 5.32 Å². The molecule has 0 bridgehead atoms. The highest BCUT2D eigenvalue weighted by Crippen LogP contribution is 2.41. The van der Waals surface area contributed by atoms with Crippen LogP contribution in [0.15, 0.2) is 0 Å². The minimum absolute atomic E-state index is 0.00744. The van der Waals surface area contributed by atoms with Crippen LogP contribution in [0.3, 0.4) is 0 Å². The molecule has 0 heterocycles. The van der Waals surface area contributed by atoms with Crippen LogP contribution in [0.1, 0.15) is 110 Å². The van der Waals surface area contributed by atoms with E-state index < -0.39 is 7.60 Å². The predicted molar refractivity (Wildman–Crippen MR) is 120 cm³/mol. The number of carbonyl (C=O) groups excluding carboxylic acids is 1. The van der Waals surface area contributed by atoms with Crippen LogP contribution in [0, 0.1) is 0 Å². The van der Waals surface area contributed by atoms with Gasteiger partial charge in [0.05, 0.1) is 25.4 Å². The Hall–Kier alpha value is -0.420. The summed E-state index contributed by atoms with van der Waals surface area (Å²) in [6, 6.07) is -0.253. The van der Waals surface area contributed by atoms with Gasteiger partial charge in [0.2, 0.25) is 5.91 Å².